The van der Waals surface area contributed by atoms with Gasteiger partial charge < -0.3 is 15.7 Å². The zero-order valence-electron chi connectivity index (χ0n) is 16.3. The molecule has 0 unspecified atom stereocenters. The number of carbonyl (C=O) groups excluding carboxylic acids is 2. The molecule has 1 fully saturated rings. The minimum absolute atomic E-state index is 0.0625. The molecule has 0 radical (unpaired) electrons. The van der Waals surface area contributed by atoms with E-state index in [0.717, 1.165) is 40.8 Å². The van der Waals surface area contributed by atoms with Crippen LogP contribution in [0, 0.1) is 5.92 Å². The number of thiophene rings is 1. The minimum atomic E-state index is -0.0962. The average molecular weight is 401 g/mol. The van der Waals surface area contributed by atoms with Crippen molar-refractivity contribution in [3.05, 3.63) is 46.9 Å². The van der Waals surface area contributed by atoms with Crippen LogP contribution in [-0.4, -0.2) is 36.6 Å². The zero-order valence-corrected chi connectivity index (χ0v) is 17.1. The third-order valence-corrected chi connectivity index (χ3v) is 6.62. The van der Waals surface area contributed by atoms with Crippen molar-refractivity contribution in [1.29, 1.82) is 0 Å². The molecule has 2 amide bonds. The molecule has 28 heavy (non-hydrogen) atoms. The van der Waals surface area contributed by atoms with E-state index in [0.29, 0.717) is 24.0 Å². The second-order valence-corrected chi connectivity index (χ2v) is 8.58. The van der Waals surface area contributed by atoms with Crippen LogP contribution in [0.25, 0.3) is 10.1 Å². The highest BCUT2D eigenvalue weighted by Gasteiger charge is 2.29. The number of amides is 2. The molecule has 1 aromatic heterocycles. The summed E-state index contributed by atoms with van der Waals surface area (Å²) in [6, 6.07) is 8.18. The first kappa shape index (κ1) is 20.6. The SMILES string of the molecule is C=C(C)C(=O)NCC1CCC(c2c(C(=O)NCCO)sc3ccccc23)CC1. The van der Waals surface area contributed by atoms with Crippen molar-refractivity contribution in [3.8, 4) is 0 Å². The highest BCUT2D eigenvalue weighted by Crippen LogP contribution is 2.43. The Bertz CT molecular complexity index is 866. The van der Waals surface area contributed by atoms with E-state index < -0.39 is 0 Å². The fourth-order valence-corrected chi connectivity index (χ4v) is 5.14. The number of rotatable bonds is 7. The van der Waals surface area contributed by atoms with Crippen molar-refractivity contribution >= 4 is 33.2 Å². The summed E-state index contributed by atoms with van der Waals surface area (Å²) in [5, 5.41) is 16.0. The number of fused-ring (bicyclic) bond motifs is 1. The average Bonchev–Trinajstić information content (AvgIpc) is 3.10. The lowest BCUT2D eigenvalue weighted by Gasteiger charge is -2.29. The molecule has 2 aromatic rings. The summed E-state index contributed by atoms with van der Waals surface area (Å²) in [6.45, 7) is 6.29. The van der Waals surface area contributed by atoms with Crippen LogP contribution in [0.5, 0.6) is 0 Å². The zero-order chi connectivity index (χ0) is 20.1. The molecule has 0 atom stereocenters. The van der Waals surface area contributed by atoms with Gasteiger partial charge in [0, 0.05) is 23.4 Å². The number of nitrogens with one attached hydrogen (secondary N) is 2. The van der Waals surface area contributed by atoms with Crippen LogP contribution >= 0.6 is 11.3 Å². The summed E-state index contributed by atoms with van der Waals surface area (Å²) < 4.78 is 1.13. The molecule has 5 nitrogen and oxygen atoms in total. The van der Waals surface area contributed by atoms with Gasteiger partial charge in [0.2, 0.25) is 5.91 Å². The third kappa shape index (κ3) is 4.62. The molecular weight excluding hydrogens is 372 g/mol. The van der Waals surface area contributed by atoms with Gasteiger partial charge in [-0.25, -0.2) is 0 Å². The monoisotopic (exact) mass is 400 g/mol. The number of carbonyl (C=O) groups is 2. The highest BCUT2D eigenvalue weighted by molar-refractivity contribution is 7.21. The Kier molecular flexibility index (Phi) is 6.86. The molecule has 3 rings (SSSR count). The molecule has 1 saturated carbocycles. The van der Waals surface area contributed by atoms with Crippen molar-refractivity contribution < 1.29 is 14.7 Å². The molecule has 1 aromatic carbocycles. The predicted octanol–water partition coefficient (Wildman–Crippen LogP) is 3.59. The Morgan fingerprint density at radius 2 is 1.89 bits per heavy atom. The summed E-state index contributed by atoms with van der Waals surface area (Å²) in [5.41, 5.74) is 1.69. The summed E-state index contributed by atoms with van der Waals surface area (Å²) in [4.78, 5) is 25.2. The van der Waals surface area contributed by atoms with E-state index >= 15 is 0 Å². The summed E-state index contributed by atoms with van der Waals surface area (Å²) >= 11 is 1.53. The van der Waals surface area contributed by atoms with Gasteiger partial charge in [0.15, 0.2) is 0 Å². The highest BCUT2D eigenvalue weighted by atomic mass is 32.1. The van der Waals surface area contributed by atoms with Crippen molar-refractivity contribution in [2.24, 2.45) is 5.92 Å². The number of benzene rings is 1. The number of aliphatic hydroxyl groups is 1. The van der Waals surface area contributed by atoms with Crippen LogP contribution in [0.1, 0.15) is 53.8 Å². The maximum atomic E-state index is 12.7. The molecule has 1 aliphatic carbocycles. The first-order chi connectivity index (χ1) is 13.5. The Balaban J connectivity index is 1.74. The van der Waals surface area contributed by atoms with Gasteiger partial charge in [-0.05, 0) is 61.5 Å². The first-order valence-corrected chi connectivity index (χ1v) is 10.7. The maximum Gasteiger partial charge on any atom is 0.261 e. The van der Waals surface area contributed by atoms with E-state index in [1.54, 1.807) is 6.92 Å². The van der Waals surface area contributed by atoms with Crippen LogP contribution in [-0.2, 0) is 4.79 Å². The lowest BCUT2D eigenvalue weighted by Crippen LogP contribution is -2.31. The summed E-state index contributed by atoms with van der Waals surface area (Å²) in [7, 11) is 0. The van der Waals surface area contributed by atoms with Crippen molar-refractivity contribution in [2.45, 2.75) is 38.5 Å². The molecule has 0 aliphatic heterocycles. The smallest absolute Gasteiger partial charge is 0.261 e. The van der Waals surface area contributed by atoms with E-state index in [9.17, 15) is 9.59 Å². The molecule has 0 spiro atoms. The van der Waals surface area contributed by atoms with Crippen molar-refractivity contribution in [3.63, 3.8) is 0 Å². The lowest BCUT2D eigenvalue weighted by atomic mass is 9.77. The summed E-state index contributed by atoms with van der Waals surface area (Å²) in [5.74, 6) is 0.644. The van der Waals surface area contributed by atoms with Gasteiger partial charge in [-0.3, -0.25) is 9.59 Å². The Morgan fingerprint density at radius 3 is 2.57 bits per heavy atom. The topological polar surface area (TPSA) is 78.4 Å². The number of hydrogen-bond acceptors (Lipinski definition) is 4. The number of aliphatic hydroxyl groups excluding tert-OH is 1. The lowest BCUT2D eigenvalue weighted by molar-refractivity contribution is -0.117. The molecule has 6 heteroatoms. The van der Waals surface area contributed by atoms with Crippen LogP contribution in [0.15, 0.2) is 36.4 Å². The molecule has 150 valence electrons. The standard InChI is InChI=1S/C22H28N2O3S/c1-14(2)21(26)24-13-15-7-9-16(10-8-15)19-17-5-3-4-6-18(17)28-20(19)22(27)23-11-12-25/h3-6,15-16,25H,1,7-13H2,2H3,(H,23,27)(H,24,26). The van der Waals surface area contributed by atoms with Gasteiger partial charge in [-0.15, -0.1) is 11.3 Å². The Morgan fingerprint density at radius 1 is 1.18 bits per heavy atom. The van der Waals surface area contributed by atoms with Crippen LogP contribution in [0.4, 0.5) is 0 Å². The van der Waals surface area contributed by atoms with Crippen molar-refractivity contribution in [1.82, 2.24) is 10.6 Å². The molecule has 1 aliphatic rings. The van der Waals surface area contributed by atoms with Crippen LogP contribution in [0.2, 0.25) is 0 Å². The molecular formula is C22H28N2O3S. The van der Waals surface area contributed by atoms with E-state index in [2.05, 4.69) is 29.3 Å². The minimum Gasteiger partial charge on any atom is -0.395 e. The maximum absolute atomic E-state index is 12.7. The van der Waals surface area contributed by atoms with E-state index in [4.69, 9.17) is 5.11 Å². The van der Waals surface area contributed by atoms with Gasteiger partial charge in [0.1, 0.15) is 0 Å². The fraction of sp³-hybridized carbons (Fsp3) is 0.455. The molecule has 3 N–H and O–H groups in total. The van der Waals surface area contributed by atoms with E-state index in [1.165, 1.54) is 16.7 Å². The Hall–Kier alpha value is -2.18. The third-order valence-electron chi connectivity index (χ3n) is 5.43. The van der Waals surface area contributed by atoms with Crippen LogP contribution < -0.4 is 10.6 Å². The first-order valence-electron chi connectivity index (χ1n) is 9.85. The van der Waals surface area contributed by atoms with Gasteiger partial charge in [-0.1, -0.05) is 24.8 Å². The fourth-order valence-electron chi connectivity index (χ4n) is 3.93. The van der Waals surface area contributed by atoms with Crippen LogP contribution in [0.3, 0.4) is 0 Å². The van der Waals surface area contributed by atoms with Gasteiger partial charge in [-0.2, -0.15) is 0 Å². The predicted molar refractivity (Wildman–Crippen MR) is 114 cm³/mol. The second kappa shape index (κ2) is 9.34. The Labute approximate surface area is 169 Å². The van der Waals surface area contributed by atoms with Gasteiger partial charge in [0.25, 0.3) is 5.91 Å². The summed E-state index contributed by atoms with van der Waals surface area (Å²) in [6.07, 6.45) is 4.08. The molecule has 1 heterocycles. The quantitative estimate of drug-likeness (QED) is 0.622. The van der Waals surface area contributed by atoms with Crippen molar-refractivity contribution in [2.75, 3.05) is 19.7 Å². The van der Waals surface area contributed by atoms with Gasteiger partial charge in [0.05, 0.1) is 11.5 Å². The number of hydrogen-bond donors (Lipinski definition) is 3. The van der Waals surface area contributed by atoms with E-state index in [1.807, 2.05) is 12.1 Å². The van der Waals surface area contributed by atoms with Gasteiger partial charge >= 0.3 is 0 Å². The van der Waals surface area contributed by atoms with E-state index in [-0.39, 0.29) is 25.0 Å². The molecule has 0 bridgehead atoms. The second-order valence-electron chi connectivity index (χ2n) is 7.53. The largest absolute Gasteiger partial charge is 0.395 e. The normalized spacial score (nSPS) is 19.4. The molecule has 0 saturated heterocycles.